The largest absolute Gasteiger partial charge is 0.435 e. The molecule has 0 atom stereocenters. The van der Waals surface area contributed by atoms with E-state index >= 15 is 0 Å². The first-order valence-electron chi connectivity index (χ1n) is 8.85. The van der Waals surface area contributed by atoms with Gasteiger partial charge in [0.2, 0.25) is 0 Å². The Kier molecular flexibility index (Phi) is 5.27. The van der Waals surface area contributed by atoms with Crippen LogP contribution >= 0.6 is 11.3 Å². The molecule has 0 unspecified atom stereocenters. The molecule has 0 aliphatic rings. The summed E-state index contributed by atoms with van der Waals surface area (Å²) in [5.41, 5.74) is -0.690. The van der Waals surface area contributed by atoms with Crippen LogP contribution in [0, 0.1) is 12.7 Å². The van der Waals surface area contributed by atoms with Gasteiger partial charge in [-0.05, 0) is 37.3 Å². The third kappa shape index (κ3) is 4.31. The first-order chi connectivity index (χ1) is 14.7. The molecule has 0 fully saturated rings. The molecule has 0 spiro atoms. The van der Waals surface area contributed by atoms with Gasteiger partial charge in [0.15, 0.2) is 11.4 Å². The highest BCUT2D eigenvalue weighted by atomic mass is 32.1. The van der Waals surface area contributed by atoms with Crippen LogP contribution in [0.25, 0.3) is 16.9 Å². The number of anilines is 1. The van der Waals surface area contributed by atoms with E-state index in [1.165, 1.54) is 23.5 Å². The first-order valence-corrected chi connectivity index (χ1v) is 9.73. The standard InChI is InChI=1S/C20H13F4N5OS/c1-11-25-16(10-31-11)12-5-7-14(8-6-12)26-19(30)17-18(20(22,23)24)29(28-27-17)15-4-2-3-13(21)9-15/h2-10H,1H3,(H,26,30). The van der Waals surface area contributed by atoms with Gasteiger partial charge in [-0.25, -0.2) is 14.1 Å². The van der Waals surface area contributed by atoms with E-state index in [0.717, 1.165) is 28.4 Å². The lowest BCUT2D eigenvalue weighted by Crippen LogP contribution is -2.21. The summed E-state index contributed by atoms with van der Waals surface area (Å²) < 4.78 is 54.9. The number of alkyl halides is 3. The second kappa shape index (κ2) is 7.91. The van der Waals surface area contributed by atoms with Crippen LogP contribution in [0.5, 0.6) is 0 Å². The molecule has 4 aromatic rings. The van der Waals surface area contributed by atoms with Gasteiger partial charge in [-0.3, -0.25) is 4.79 Å². The molecule has 11 heteroatoms. The van der Waals surface area contributed by atoms with Crippen molar-refractivity contribution in [2.75, 3.05) is 5.32 Å². The summed E-state index contributed by atoms with van der Waals surface area (Å²) in [5, 5.41) is 12.0. The molecule has 2 heterocycles. The van der Waals surface area contributed by atoms with Crippen molar-refractivity contribution in [3.8, 4) is 16.9 Å². The fourth-order valence-electron chi connectivity index (χ4n) is 2.89. The second-order valence-corrected chi connectivity index (χ2v) is 7.52. The minimum Gasteiger partial charge on any atom is -0.321 e. The molecule has 0 bridgehead atoms. The van der Waals surface area contributed by atoms with E-state index in [4.69, 9.17) is 0 Å². The Morgan fingerprint density at radius 2 is 1.87 bits per heavy atom. The number of halogens is 4. The van der Waals surface area contributed by atoms with Crippen molar-refractivity contribution in [3.05, 3.63) is 76.1 Å². The molecule has 0 aliphatic carbocycles. The van der Waals surface area contributed by atoms with Crippen LogP contribution in [-0.2, 0) is 6.18 Å². The Hall–Kier alpha value is -3.60. The molecule has 1 amide bonds. The maximum Gasteiger partial charge on any atom is 0.435 e. The number of carbonyl (C=O) groups is 1. The Balaban J connectivity index is 1.63. The first kappa shape index (κ1) is 20.7. The van der Waals surface area contributed by atoms with Crippen molar-refractivity contribution in [1.29, 1.82) is 0 Å². The molecular weight excluding hydrogens is 434 g/mol. The van der Waals surface area contributed by atoms with Gasteiger partial charge in [-0.1, -0.05) is 23.4 Å². The number of nitrogens with one attached hydrogen (secondary N) is 1. The van der Waals surface area contributed by atoms with Crippen LogP contribution in [0.15, 0.2) is 53.9 Å². The van der Waals surface area contributed by atoms with Crippen molar-refractivity contribution in [2.45, 2.75) is 13.1 Å². The highest BCUT2D eigenvalue weighted by Gasteiger charge is 2.42. The number of thiazole rings is 1. The zero-order valence-electron chi connectivity index (χ0n) is 15.8. The molecule has 158 valence electrons. The van der Waals surface area contributed by atoms with Crippen LogP contribution in [-0.4, -0.2) is 25.9 Å². The molecule has 0 aliphatic heterocycles. The average Bonchev–Trinajstić information content (AvgIpc) is 3.35. The van der Waals surface area contributed by atoms with Crippen molar-refractivity contribution < 1.29 is 22.4 Å². The molecule has 0 radical (unpaired) electrons. The maximum atomic E-state index is 13.7. The molecular formula is C20H13F4N5OS. The zero-order chi connectivity index (χ0) is 22.2. The molecule has 31 heavy (non-hydrogen) atoms. The van der Waals surface area contributed by atoms with E-state index in [1.54, 1.807) is 24.3 Å². The topological polar surface area (TPSA) is 72.7 Å². The normalized spacial score (nSPS) is 11.5. The lowest BCUT2D eigenvalue weighted by Gasteiger charge is -2.11. The lowest BCUT2D eigenvalue weighted by molar-refractivity contribution is -0.143. The molecule has 1 N–H and O–H groups in total. The Morgan fingerprint density at radius 1 is 1.13 bits per heavy atom. The molecule has 6 nitrogen and oxygen atoms in total. The number of aryl methyl sites for hydroxylation is 1. The summed E-state index contributed by atoms with van der Waals surface area (Å²) >= 11 is 1.49. The quantitative estimate of drug-likeness (QED) is 0.442. The van der Waals surface area contributed by atoms with E-state index in [0.29, 0.717) is 4.68 Å². The Morgan fingerprint density at radius 3 is 2.48 bits per heavy atom. The number of nitrogens with zero attached hydrogens (tertiary/aromatic N) is 4. The fraction of sp³-hybridized carbons (Fsp3) is 0.100. The SMILES string of the molecule is Cc1nc(-c2ccc(NC(=O)c3nnn(-c4cccc(F)c4)c3C(F)(F)F)cc2)cs1. The highest BCUT2D eigenvalue weighted by molar-refractivity contribution is 7.09. The van der Waals surface area contributed by atoms with Gasteiger partial charge in [-0.2, -0.15) is 13.2 Å². The van der Waals surface area contributed by atoms with E-state index in [-0.39, 0.29) is 11.4 Å². The highest BCUT2D eigenvalue weighted by Crippen LogP contribution is 2.33. The fourth-order valence-corrected chi connectivity index (χ4v) is 3.51. The summed E-state index contributed by atoms with van der Waals surface area (Å²) in [6, 6.07) is 10.9. The molecule has 2 aromatic carbocycles. The van der Waals surface area contributed by atoms with Crippen LogP contribution in [0.1, 0.15) is 21.2 Å². The lowest BCUT2D eigenvalue weighted by atomic mass is 10.1. The van der Waals surface area contributed by atoms with Crippen molar-refractivity contribution >= 4 is 22.9 Å². The van der Waals surface area contributed by atoms with E-state index in [9.17, 15) is 22.4 Å². The zero-order valence-corrected chi connectivity index (χ0v) is 16.6. The van der Waals surface area contributed by atoms with Gasteiger partial charge in [0.1, 0.15) is 5.82 Å². The van der Waals surface area contributed by atoms with Gasteiger partial charge in [0.25, 0.3) is 5.91 Å². The van der Waals surface area contributed by atoms with Gasteiger partial charge in [0, 0.05) is 16.6 Å². The van der Waals surface area contributed by atoms with Crippen molar-refractivity contribution in [3.63, 3.8) is 0 Å². The second-order valence-electron chi connectivity index (χ2n) is 6.46. The van der Waals surface area contributed by atoms with Gasteiger partial charge < -0.3 is 5.32 Å². The van der Waals surface area contributed by atoms with Crippen LogP contribution in [0.2, 0.25) is 0 Å². The van der Waals surface area contributed by atoms with Crippen molar-refractivity contribution in [2.24, 2.45) is 0 Å². The Bertz CT molecular complexity index is 1250. The average molecular weight is 447 g/mol. The summed E-state index contributed by atoms with van der Waals surface area (Å²) in [6.07, 6.45) is -4.95. The monoisotopic (exact) mass is 447 g/mol. The summed E-state index contributed by atoms with van der Waals surface area (Å²) in [4.78, 5) is 16.9. The number of rotatable bonds is 4. The van der Waals surface area contributed by atoms with E-state index in [1.807, 2.05) is 12.3 Å². The van der Waals surface area contributed by atoms with Crippen molar-refractivity contribution in [1.82, 2.24) is 20.0 Å². The molecule has 4 rings (SSSR count). The molecule has 0 saturated heterocycles. The van der Waals surface area contributed by atoms with Gasteiger partial charge in [0.05, 0.1) is 16.4 Å². The minimum atomic E-state index is -4.95. The number of aromatic nitrogens is 4. The number of hydrogen-bond acceptors (Lipinski definition) is 5. The summed E-state index contributed by atoms with van der Waals surface area (Å²) in [6.45, 7) is 1.87. The van der Waals surface area contributed by atoms with Crippen LogP contribution in [0.3, 0.4) is 0 Å². The minimum absolute atomic E-state index is 0.207. The van der Waals surface area contributed by atoms with E-state index < -0.39 is 29.3 Å². The smallest absolute Gasteiger partial charge is 0.321 e. The van der Waals surface area contributed by atoms with Crippen LogP contribution < -0.4 is 5.32 Å². The summed E-state index contributed by atoms with van der Waals surface area (Å²) in [7, 11) is 0. The molecule has 2 aromatic heterocycles. The summed E-state index contributed by atoms with van der Waals surface area (Å²) in [5.74, 6) is -1.84. The van der Waals surface area contributed by atoms with Gasteiger partial charge in [-0.15, -0.1) is 16.4 Å². The predicted molar refractivity (Wildman–Crippen MR) is 107 cm³/mol. The third-order valence-corrected chi connectivity index (χ3v) is 5.04. The number of hydrogen-bond donors (Lipinski definition) is 1. The van der Waals surface area contributed by atoms with Gasteiger partial charge >= 0.3 is 6.18 Å². The number of amides is 1. The number of carbonyl (C=O) groups excluding carboxylic acids is 1. The third-order valence-electron chi connectivity index (χ3n) is 4.26. The Labute approximate surface area is 177 Å². The van der Waals surface area contributed by atoms with E-state index in [2.05, 4.69) is 20.6 Å². The molecule has 0 saturated carbocycles. The van der Waals surface area contributed by atoms with Crippen LogP contribution in [0.4, 0.5) is 23.2 Å². The maximum absolute atomic E-state index is 13.7. The predicted octanol–water partition coefficient (Wildman–Crippen LogP) is 5.11. The number of benzene rings is 2.